The fraction of sp³-hybridized carbons (Fsp3) is 0.300. The molecule has 0 aromatic heterocycles. The first-order chi connectivity index (χ1) is 6.54. The number of benzene rings is 1. The van der Waals surface area contributed by atoms with Gasteiger partial charge in [0.25, 0.3) is 0 Å². The number of rotatable bonds is 2. The Morgan fingerprint density at radius 1 is 1.57 bits per heavy atom. The zero-order valence-corrected chi connectivity index (χ0v) is 10.3. The highest BCUT2D eigenvalue weighted by molar-refractivity contribution is 9.10. The molecule has 0 saturated carbocycles. The Hall–Kier alpha value is -0.540. The molecule has 0 fully saturated rings. The van der Waals surface area contributed by atoms with Crippen molar-refractivity contribution in [1.29, 1.82) is 0 Å². The number of carbonyl (C=O) groups is 1. The summed E-state index contributed by atoms with van der Waals surface area (Å²) in [6.07, 6.45) is 0.259. The molecule has 1 aromatic carbocycles. The number of ether oxygens (including phenoxy) is 1. The van der Waals surface area contributed by atoms with Crippen LogP contribution in [0.5, 0.6) is 0 Å². The first kappa shape index (κ1) is 11.5. The van der Waals surface area contributed by atoms with Crippen molar-refractivity contribution < 1.29 is 9.53 Å². The van der Waals surface area contributed by atoms with Gasteiger partial charge in [-0.15, -0.1) is 0 Å². The van der Waals surface area contributed by atoms with Crippen molar-refractivity contribution in [2.75, 3.05) is 7.11 Å². The lowest BCUT2D eigenvalue weighted by molar-refractivity contribution is -0.139. The third kappa shape index (κ3) is 2.72. The summed E-state index contributed by atoms with van der Waals surface area (Å²) < 4.78 is 5.42. The van der Waals surface area contributed by atoms with Crippen LogP contribution in [0.2, 0.25) is 5.02 Å². The van der Waals surface area contributed by atoms with E-state index in [2.05, 4.69) is 20.7 Å². The lowest BCUT2D eigenvalue weighted by Crippen LogP contribution is -2.05. The van der Waals surface area contributed by atoms with Gasteiger partial charge in [0.1, 0.15) is 0 Å². The number of halogens is 2. The summed E-state index contributed by atoms with van der Waals surface area (Å²) in [5.41, 5.74) is 1.91. The molecular formula is C10H10BrClO2. The molecule has 0 amide bonds. The molecule has 0 spiro atoms. The van der Waals surface area contributed by atoms with Crippen molar-refractivity contribution in [3.63, 3.8) is 0 Å². The van der Waals surface area contributed by atoms with Gasteiger partial charge >= 0.3 is 5.97 Å². The van der Waals surface area contributed by atoms with Crippen LogP contribution in [0.25, 0.3) is 0 Å². The van der Waals surface area contributed by atoms with Crippen molar-refractivity contribution in [2.24, 2.45) is 0 Å². The van der Waals surface area contributed by atoms with Crippen molar-refractivity contribution in [1.82, 2.24) is 0 Å². The number of esters is 1. The average Bonchev–Trinajstić information content (AvgIpc) is 2.14. The Kier molecular flexibility index (Phi) is 3.96. The lowest BCUT2D eigenvalue weighted by Gasteiger charge is -2.06. The Balaban J connectivity index is 2.98. The van der Waals surface area contributed by atoms with Crippen LogP contribution in [0, 0.1) is 6.92 Å². The monoisotopic (exact) mass is 276 g/mol. The smallest absolute Gasteiger partial charge is 0.309 e. The van der Waals surface area contributed by atoms with Gasteiger partial charge in [0.05, 0.1) is 18.6 Å². The quantitative estimate of drug-likeness (QED) is 0.776. The van der Waals surface area contributed by atoms with Crippen molar-refractivity contribution >= 4 is 33.5 Å². The summed E-state index contributed by atoms with van der Waals surface area (Å²) in [6, 6.07) is 3.67. The molecule has 76 valence electrons. The number of hydrogen-bond donors (Lipinski definition) is 0. The first-order valence-corrected chi connectivity index (χ1v) is 5.23. The maximum absolute atomic E-state index is 11.1. The molecule has 0 saturated heterocycles. The van der Waals surface area contributed by atoms with Gasteiger partial charge in [-0.1, -0.05) is 11.6 Å². The Morgan fingerprint density at radius 3 is 2.79 bits per heavy atom. The van der Waals surface area contributed by atoms with Crippen LogP contribution in [0.1, 0.15) is 11.1 Å². The van der Waals surface area contributed by atoms with E-state index in [9.17, 15) is 4.79 Å². The maximum Gasteiger partial charge on any atom is 0.309 e. The fourth-order valence-electron chi connectivity index (χ4n) is 1.11. The molecule has 0 atom stereocenters. The standard InChI is InChI=1S/C10H10BrClO2/c1-6-3-8(11)9(12)4-7(6)5-10(13)14-2/h3-4H,5H2,1-2H3. The number of methoxy groups -OCH3 is 1. The second kappa shape index (κ2) is 4.80. The van der Waals surface area contributed by atoms with Gasteiger partial charge in [0.15, 0.2) is 0 Å². The van der Waals surface area contributed by atoms with Gasteiger partial charge in [0, 0.05) is 4.47 Å². The molecule has 4 heteroatoms. The van der Waals surface area contributed by atoms with Crippen LogP contribution >= 0.6 is 27.5 Å². The van der Waals surface area contributed by atoms with E-state index < -0.39 is 0 Å². The summed E-state index contributed by atoms with van der Waals surface area (Å²) in [5, 5.41) is 0.606. The van der Waals surface area contributed by atoms with Crippen LogP contribution in [0.4, 0.5) is 0 Å². The van der Waals surface area contributed by atoms with Crippen LogP contribution in [0.15, 0.2) is 16.6 Å². The molecule has 0 aliphatic carbocycles. The summed E-state index contributed by atoms with van der Waals surface area (Å²) >= 11 is 9.23. The zero-order chi connectivity index (χ0) is 10.7. The minimum atomic E-state index is -0.258. The molecule has 0 aliphatic heterocycles. The van der Waals surface area contributed by atoms with Gasteiger partial charge in [-0.05, 0) is 46.1 Å². The number of aryl methyl sites for hydroxylation is 1. The summed E-state index contributed by atoms with van der Waals surface area (Å²) in [6.45, 7) is 1.93. The third-order valence-electron chi connectivity index (χ3n) is 1.94. The van der Waals surface area contributed by atoms with Crippen molar-refractivity contribution in [3.05, 3.63) is 32.8 Å². The maximum atomic E-state index is 11.1. The second-order valence-electron chi connectivity index (χ2n) is 2.95. The molecule has 1 aromatic rings. The fourth-order valence-corrected chi connectivity index (χ4v) is 1.75. The van der Waals surface area contributed by atoms with E-state index in [1.165, 1.54) is 7.11 Å². The van der Waals surface area contributed by atoms with Crippen molar-refractivity contribution in [3.8, 4) is 0 Å². The van der Waals surface area contributed by atoms with Crippen LogP contribution in [-0.4, -0.2) is 13.1 Å². The van der Waals surface area contributed by atoms with Gasteiger partial charge in [0.2, 0.25) is 0 Å². The molecule has 0 aliphatic rings. The van der Waals surface area contributed by atoms with E-state index >= 15 is 0 Å². The molecule has 14 heavy (non-hydrogen) atoms. The van der Waals surface area contributed by atoms with E-state index in [-0.39, 0.29) is 12.4 Å². The van der Waals surface area contributed by atoms with Crippen LogP contribution < -0.4 is 0 Å². The van der Waals surface area contributed by atoms with E-state index in [0.29, 0.717) is 5.02 Å². The predicted octanol–water partition coefficient (Wildman–Crippen LogP) is 3.13. The minimum absolute atomic E-state index is 0.258. The van der Waals surface area contributed by atoms with Crippen molar-refractivity contribution in [2.45, 2.75) is 13.3 Å². The predicted molar refractivity (Wildman–Crippen MR) is 59.6 cm³/mol. The molecule has 0 heterocycles. The molecule has 0 N–H and O–H groups in total. The van der Waals surface area contributed by atoms with Crippen LogP contribution in [0.3, 0.4) is 0 Å². The van der Waals surface area contributed by atoms with E-state index in [0.717, 1.165) is 15.6 Å². The number of carbonyl (C=O) groups excluding carboxylic acids is 1. The molecule has 0 unspecified atom stereocenters. The highest BCUT2D eigenvalue weighted by Gasteiger charge is 2.08. The SMILES string of the molecule is COC(=O)Cc1cc(Cl)c(Br)cc1C. The summed E-state index contributed by atoms with van der Waals surface area (Å²) in [7, 11) is 1.37. The van der Waals surface area contributed by atoms with E-state index in [4.69, 9.17) is 11.6 Å². The highest BCUT2D eigenvalue weighted by Crippen LogP contribution is 2.26. The molecule has 0 radical (unpaired) electrons. The van der Waals surface area contributed by atoms with Gasteiger partial charge in [-0.3, -0.25) is 4.79 Å². The second-order valence-corrected chi connectivity index (χ2v) is 4.21. The zero-order valence-electron chi connectivity index (χ0n) is 7.93. The largest absolute Gasteiger partial charge is 0.469 e. The Bertz CT molecular complexity index is 363. The Labute approximate surface area is 96.3 Å². The summed E-state index contributed by atoms with van der Waals surface area (Å²) in [4.78, 5) is 11.1. The Morgan fingerprint density at radius 2 is 2.21 bits per heavy atom. The normalized spacial score (nSPS) is 10.0. The summed E-state index contributed by atoms with van der Waals surface area (Å²) in [5.74, 6) is -0.258. The highest BCUT2D eigenvalue weighted by atomic mass is 79.9. The van der Waals surface area contributed by atoms with Gasteiger partial charge in [-0.25, -0.2) is 0 Å². The number of hydrogen-bond acceptors (Lipinski definition) is 2. The average molecular weight is 278 g/mol. The third-order valence-corrected chi connectivity index (χ3v) is 3.14. The molecule has 2 nitrogen and oxygen atoms in total. The molecule has 1 rings (SSSR count). The first-order valence-electron chi connectivity index (χ1n) is 4.06. The minimum Gasteiger partial charge on any atom is -0.469 e. The molecular weight excluding hydrogens is 267 g/mol. The lowest BCUT2D eigenvalue weighted by atomic mass is 10.1. The van der Waals surface area contributed by atoms with Gasteiger partial charge < -0.3 is 4.74 Å². The van der Waals surface area contributed by atoms with Crippen LogP contribution in [-0.2, 0) is 16.0 Å². The topological polar surface area (TPSA) is 26.3 Å². The van der Waals surface area contributed by atoms with Gasteiger partial charge in [-0.2, -0.15) is 0 Å². The molecule has 0 bridgehead atoms. The van der Waals surface area contributed by atoms with E-state index in [1.54, 1.807) is 6.07 Å². The van der Waals surface area contributed by atoms with E-state index in [1.807, 2.05) is 13.0 Å².